The topological polar surface area (TPSA) is 14.1 Å². The zero-order valence-electron chi connectivity index (χ0n) is 15.3. The quantitative estimate of drug-likeness (QED) is 0.531. The Bertz CT molecular complexity index is 502. The van der Waals surface area contributed by atoms with Crippen LogP contribution in [0.5, 0.6) is 0 Å². The van der Waals surface area contributed by atoms with Gasteiger partial charge in [-0.3, -0.25) is 0 Å². The summed E-state index contributed by atoms with van der Waals surface area (Å²) in [5.74, 6) is 4.29. The Hall–Kier alpha value is -0.300. The van der Waals surface area contributed by atoms with Gasteiger partial charge in [0.2, 0.25) is 0 Å². The molecule has 4 aliphatic rings. The molecule has 1 heteroatoms. The van der Waals surface area contributed by atoms with Gasteiger partial charge in [0.25, 0.3) is 0 Å². The molecule has 0 aromatic carbocycles. The molecule has 0 amide bonds. The van der Waals surface area contributed by atoms with E-state index in [4.69, 9.17) is 5.32 Å². The molecule has 6 atom stereocenters. The van der Waals surface area contributed by atoms with E-state index in [1.165, 1.54) is 44.9 Å². The molecule has 0 saturated heterocycles. The van der Waals surface area contributed by atoms with Crippen molar-refractivity contribution in [3.05, 3.63) is 16.5 Å². The van der Waals surface area contributed by atoms with Crippen molar-refractivity contribution in [2.45, 2.75) is 78.2 Å². The molecule has 2 saturated carbocycles. The molecule has 0 unspecified atom stereocenters. The highest BCUT2D eigenvalue weighted by atomic mass is 15.0. The van der Waals surface area contributed by atoms with Gasteiger partial charge in [-0.15, -0.1) is 5.54 Å². The number of rotatable bonds is 1. The van der Waals surface area contributed by atoms with E-state index in [2.05, 4.69) is 34.7 Å². The fourth-order valence-corrected chi connectivity index (χ4v) is 7.23. The summed E-state index contributed by atoms with van der Waals surface area (Å²) in [4.78, 5) is 0. The van der Waals surface area contributed by atoms with Gasteiger partial charge in [0.05, 0.1) is 0 Å². The van der Waals surface area contributed by atoms with Crippen LogP contribution in [0.3, 0.4) is 0 Å². The van der Waals surface area contributed by atoms with Crippen molar-refractivity contribution in [3.8, 4) is 0 Å². The molecule has 124 valence electrons. The van der Waals surface area contributed by atoms with E-state index in [0.717, 1.165) is 29.6 Å². The van der Waals surface area contributed by atoms with Crippen LogP contribution in [0.1, 0.15) is 72.6 Å². The molecular formula is C21H34N-. The first-order valence-corrected chi connectivity index (χ1v) is 9.71. The summed E-state index contributed by atoms with van der Waals surface area (Å²) in [6.45, 7) is 10.1. The smallest absolute Gasteiger partial charge is 0.0190 e. The fraction of sp³-hybridized carbons (Fsp3) is 0.905. The van der Waals surface area contributed by atoms with E-state index < -0.39 is 0 Å². The third-order valence-corrected chi connectivity index (χ3v) is 8.06. The molecule has 0 aromatic rings. The van der Waals surface area contributed by atoms with Gasteiger partial charge < -0.3 is 5.32 Å². The monoisotopic (exact) mass is 300 g/mol. The van der Waals surface area contributed by atoms with Crippen molar-refractivity contribution in [2.24, 2.45) is 35.0 Å². The number of allylic oxidation sites excluding steroid dienone is 1. The second-order valence-electron chi connectivity index (χ2n) is 9.85. The predicted molar refractivity (Wildman–Crippen MR) is 93.9 cm³/mol. The molecule has 0 heterocycles. The molecule has 0 aliphatic heterocycles. The molecule has 1 nitrogen and oxygen atoms in total. The average molecular weight is 301 g/mol. The van der Waals surface area contributed by atoms with E-state index in [1.807, 2.05) is 11.1 Å². The van der Waals surface area contributed by atoms with Gasteiger partial charge in [-0.2, -0.15) is 7.05 Å². The van der Waals surface area contributed by atoms with Crippen LogP contribution in [0.25, 0.3) is 5.32 Å². The second-order valence-corrected chi connectivity index (χ2v) is 9.85. The first kappa shape index (κ1) is 15.2. The largest absolute Gasteiger partial charge is 0.659 e. The number of hydrogen-bond donors (Lipinski definition) is 0. The van der Waals surface area contributed by atoms with Crippen molar-refractivity contribution in [1.82, 2.24) is 0 Å². The van der Waals surface area contributed by atoms with Crippen LogP contribution < -0.4 is 0 Å². The molecule has 0 spiro atoms. The van der Waals surface area contributed by atoms with Crippen molar-refractivity contribution < 1.29 is 0 Å². The zero-order valence-corrected chi connectivity index (χ0v) is 15.3. The lowest BCUT2D eigenvalue weighted by Gasteiger charge is -2.68. The molecular weight excluding hydrogens is 266 g/mol. The Kier molecular flexibility index (Phi) is 3.36. The Morgan fingerprint density at radius 1 is 1.14 bits per heavy atom. The number of nitrogens with zero attached hydrogens (tertiary/aromatic N) is 1. The minimum absolute atomic E-state index is 0.288. The Morgan fingerprint density at radius 3 is 2.64 bits per heavy atom. The lowest BCUT2D eigenvalue weighted by Crippen LogP contribution is -2.57. The van der Waals surface area contributed by atoms with Crippen LogP contribution in [0.15, 0.2) is 11.1 Å². The lowest BCUT2D eigenvalue weighted by molar-refractivity contribution is 0.0125. The third-order valence-electron chi connectivity index (χ3n) is 8.06. The van der Waals surface area contributed by atoms with Gasteiger partial charge in [0.1, 0.15) is 0 Å². The van der Waals surface area contributed by atoms with Crippen molar-refractivity contribution in [1.29, 1.82) is 0 Å². The Morgan fingerprint density at radius 2 is 1.91 bits per heavy atom. The summed E-state index contributed by atoms with van der Waals surface area (Å²) >= 11 is 0. The van der Waals surface area contributed by atoms with Crippen LogP contribution in [-0.4, -0.2) is 12.6 Å². The summed E-state index contributed by atoms with van der Waals surface area (Å²) in [7, 11) is 2.13. The normalized spacial score (nSPS) is 49.8. The molecule has 0 N–H and O–H groups in total. The van der Waals surface area contributed by atoms with Crippen LogP contribution >= 0.6 is 0 Å². The van der Waals surface area contributed by atoms with E-state index in [0.29, 0.717) is 5.41 Å². The van der Waals surface area contributed by atoms with Gasteiger partial charge in [-0.25, -0.2) is 0 Å². The van der Waals surface area contributed by atoms with E-state index >= 15 is 0 Å². The summed E-state index contributed by atoms with van der Waals surface area (Å²) in [6, 6.07) is 0. The van der Waals surface area contributed by atoms with Crippen molar-refractivity contribution in [3.63, 3.8) is 0 Å². The maximum Gasteiger partial charge on any atom is -0.0190 e. The highest BCUT2D eigenvalue weighted by molar-refractivity contribution is 5.38. The van der Waals surface area contributed by atoms with E-state index in [9.17, 15) is 0 Å². The molecule has 0 radical (unpaired) electrons. The second kappa shape index (κ2) is 4.85. The highest BCUT2D eigenvalue weighted by Crippen LogP contribution is 2.65. The first-order valence-electron chi connectivity index (χ1n) is 9.71. The standard InChI is InChI=1S/C21H34N/c1-13-10-16-12-20(3,4)11-15-8-9-21(22-5)14(2)6-7-17(13)19(21)18(15)16/h13-14,16-17,19H,6-12H2,1-5H3/q-1/t13-,14-,16-,17+,19-,21-/m0/s1. The first-order chi connectivity index (χ1) is 10.4. The predicted octanol–water partition coefficient (Wildman–Crippen LogP) is 5.96. The van der Waals surface area contributed by atoms with E-state index in [-0.39, 0.29) is 5.54 Å². The maximum atomic E-state index is 5.13. The molecule has 4 aliphatic carbocycles. The Labute approximate surface area is 137 Å². The molecule has 0 bridgehead atoms. The molecule has 22 heavy (non-hydrogen) atoms. The Balaban J connectivity index is 1.85. The summed E-state index contributed by atoms with van der Waals surface area (Å²) in [6.07, 6.45) is 9.78. The van der Waals surface area contributed by atoms with Crippen LogP contribution in [0, 0.1) is 35.0 Å². The van der Waals surface area contributed by atoms with Crippen LogP contribution in [0.4, 0.5) is 0 Å². The van der Waals surface area contributed by atoms with Gasteiger partial charge in [-0.05, 0) is 61.2 Å². The minimum Gasteiger partial charge on any atom is -0.659 e. The maximum absolute atomic E-state index is 5.13. The lowest BCUT2D eigenvalue weighted by atomic mass is 9.45. The SMILES string of the molecule is C[N-][C@@]12CCC3=C4[C@@H](C[C@H](C)[C@@H](CC[C@@H]1C)[C@@H]42)CC(C)(C)C3. The van der Waals surface area contributed by atoms with Gasteiger partial charge in [0, 0.05) is 0 Å². The molecule has 0 aromatic heterocycles. The minimum atomic E-state index is 0.288. The van der Waals surface area contributed by atoms with Gasteiger partial charge in [0.15, 0.2) is 0 Å². The van der Waals surface area contributed by atoms with E-state index in [1.54, 1.807) is 0 Å². The summed E-state index contributed by atoms with van der Waals surface area (Å²) in [5.41, 5.74) is 4.62. The summed E-state index contributed by atoms with van der Waals surface area (Å²) < 4.78 is 0. The van der Waals surface area contributed by atoms with Gasteiger partial charge >= 0.3 is 0 Å². The van der Waals surface area contributed by atoms with Crippen molar-refractivity contribution in [2.75, 3.05) is 7.05 Å². The summed E-state index contributed by atoms with van der Waals surface area (Å²) in [5, 5.41) is 5.13. The van der Waals surface area contributed by atoms with Gasteiger partial charge in [-0.1, -0.05) is 57.6 Å². The average Bonchev–Trinajstić information content (AvgIpc) is 2.45. The third kappa shape index (κ3) is 1.93. The molecule has 4 rings (SSSR count). The molecule has 2 fully saturated rings. The number of hydrogen-bond acceptors (Lipinski definition) is 0. The zero-order chi connectivity index (χ0) is 15.7. The van der Waals surface area contributed by atoms with Crippen LogP contribution in [0.2, 0.25) is 0 Å². The highest BCUT2D eigenvalue weighted by Gasteiger charge is 2.54. The van der Waals surface area contributed by atoms with Crippen LogP contribution in [-0.2, 0) is 0 Å². The van der Waals surface area contributed by atoms with Crippen molar-refractivity contribution >= 4 is 0 Å². The fourth-order valence-electron chi connectivity index (χ4n) is 7.23.